The third-order valence-corrected chi connectivity index (χ3v) is 4.61. The van der Waals surface area contributed by atoms with E-state index in [-0.39, 0.29) is 24.0 Å². The molecule has 0 aliphatic heterocycles. The van der Waals surface area contributed by atoms with Crippen molar-refractivity contribution in [3.63, 3.8) is 0 Å². The average molecular weight is 344 g/mol. The summed E-state index contributed by atoms with van der Waals surface area (Å²) in [5, 5.41) is 17.0. The van der Waals surface area contributed by atoms with Crippen molar-refractivity contribution in [3.8, 4) is 5.88 Å². The van der Waals surface area contributed by atoms with Gasteiger partial charge in [0.2, 0.25) is 11.8 Å². The van der Waals surface area contributed by atoms with Gasteiger partial charge in [0, 0.05) is 31.4 Å². The number of rotatable bonds is 7. The van der Waals surface area contributed by atoms with Crippen molar-refractivity contribution in [2.24, 2.45) is 5.92 Å². The number of aliphatic hydroxyl groups is 1. The van der Waals surface area contributed by atoms with Crippen molar-refractivity contribution in [3.05, 3.63) is 41.9 Å². The van der Waals surface area contributed by atoms with E-state index in [1.165, 1.54) is 0 Å². The van der Waals surface area contributed by atoms with Gasteiger partial charge in [-0.25, -0.2) is 4.98 Å². The Hall–Kier alpha value is -2.41. The molecule has 1 amide bonds. The Balaban J connectivity index is 1.63. The fourth-order valence-corrected chi connectivity index (χ4v) is 3.12. The zero-order chi connectivity index (χ0) is 17.8. The molecule has 2 heterocycles. The van der Waals surface area contributed by atoms with Gasteiger partial charge in [-0.1, -0.05) is 6.07 Å². The average Bonchev–Trinajstić information content (AvgIpc) is 3.01. The highest BCUT2D eigenvalue weighted by molar-refractivity contribution is 5.76. The van der Waals surface area contributed by atoms with Crippen molar-refractivity contribution < 1.29 is 14.6 Å². The van der Waals surface area contributed by atoms with E-state index in [2.05, 4.69) is 15.4 Å². The topological polar surface area (TPSA) is 89.3 Å². The van der Waals surface area contributed by atoms with E-state index in [0.717, 1.165) is 11.3 Å². The first kappa shape index (κ1) is 17.4. The highest BCUT2D eigenvalue weighted by Gasteiger charge is 2.35. The van der Waals surface area contributed by atoms with Crippen molar-refractivity contribution in [2.75, 3.05) is 7.11 Å². The first-order valence-electron chi connectivity index (χ1n) is 8.52. The number of amides is 1. The summed E-state index contributed by atoms with van der Waals surface area (Å²) >= 11 is 0. The molecule has 2 aromatic heterocycles. The van der Waals surface area contributed by atoms with Gasteiger partial charge in [0.15, 0.2) is 0 Å². The van der Waals surface area contributed by atoms with Crippen LogP contribution in [-0.2, 0) is 11.3 Å². The Kier molecular flexibility index (Phi) is 5.33. The largest absolute Gasteiger partial charge is 0.481 e. The standard InChI is InChI=1S/C18H24N4O3/c1-12-5-7-22(21-12)8-6-16(24)20-18(14-9-15(23)10-14)13-3-4-17(25-2)19-11-13/h3-5,7,11,14-15,18,23H,6,8-10H2,1-2H3,(H,20,24)/t14?,15?,18-/m0/s1. The van der Waals surface area contributed by atoms with Gasteiger partial charge in [0.1, 0.15) is 0 Å². The van der Waals surface area contributed by atoms with Crippen LogP contribution in [0.2, 0.25) is 0 Å². The summed E-state index contributed by atoms with van der Waals surface area (Å²) < 4.78 is 6.86. The lowest BCUT2D eigenvalue weighted by Crippen LogP contribution is -2.41. The molecule has 0 bridgehead atoms. The van der Waals surface area contributed by atoms with Gasteiger partial charge >= 0.3 is 0 Å². The molecule has 1 saturated carbocycles. The summed E-state index contributed by atoms with van der Waals surface area (Å²) in [6, 6.07) is 5.47. The van der Waals surface area contributed by atoms with Crippen molar-refractivity contribution in [2.45, 2.75) is 44.9 Å². The first-order chi connectivity index (χ1) is 12.0. The maximum Gasteiger partial charge on any atom is 0.222 e. The Bertz CT molecular complexity index is 707. The molecule has 1 fully saturated rings. The maximum atomic E-state index is 12.4. The molecule has 134 valence electrons. The monoisotopic (exact) mass is 344 g/mol. The number of nitrogens with one attached hydrogen (secondary N) is 1. The molecule has 0 unspecified atom stereocenters. The Labute approximate surface area is 147 Å². The number of carbonyl (C=O) groups excluding carboxylic acids is 1. The summed E-state index contributed by atoms with van der Waals surface area (Å²) in [6.45, 7) is 2.46. The highest BCUT2D eigenvalue weighted by Crippen LogP contribution is 2.38. The summed E-state index contributed by atoms with van der Waals surface area (Å²) in [4.78, 5) is 16.6. The molecule has 0 spiro atoms. The number of hydrogen-bond donors (Lipinski definition) is 2. The fraction of sp³-hybridized carbons (Fsp3) is 0.500. The summed E-state index contributed by atoms with van der Waals surface area (Å²) in [7, 11) is 1.57. The van der Waals surface area contributed by atoms with Crippen LogP contribution in [0.25, 0.3) is 0 Å². The number of carbonyl (C=O) groups is 1. The normalized spacial score (nSPS) is 20.6. The molecular weight excluding hydrogens is 320 g/mol. The van der Waals surface area contributed by atoms with Crippen LogP contribution in [0.4, 0.5) is 0 Å². The molecule has 1 aliphatic carbocycles. The smallest absolute Gasteiger partial charge is 0.222 e. The van der Waals surface area contributed by atoms with Gasteiger partial charge in [-0.2, -0.15) is 5.10 Å². The van der Waals surface area contributed by atoms with E-state index < -0.39 is 0 Å². The summed E-state index contributed by atoms with van der Waals surface area (Å²) in [5.74, 6) is 0.730. The van der Waals surface area contributed by atoms with Gasteiger partial charge in [0.25, 0.3) is 0 Å². The van der Waals surface area contributed by atoms with E-state index in [1.807, 2.05) is 25.3 Å². The molecule has 1 atom stereocenters. The van der Waals surface area contributed by atoms with Crippen LogP contribution in [0, 0.1) is 12.8 Å². The molecule has 7 nitrogen and oxygen atoms in total. The van der Waals surface area contributed by atoms with Crippen LogP contribution in [0.15, 0.2) is 30.6 Å². The van der Waals surface area contributed by atoms with Gasteiger partial charge in [0.05, 0.1) is 24.9 Å². The molecule has 0 radical (unpaired) electrons. The zero-order valence-electron chi connectivity index (χ0n) is 14.6. The van der Waals surface area contributed by atoms with E-state index >= 15 is 0 Å². The van der Waals surface area contributed by atoms with Gasteiger partial charge in [-0.15, -0.1) is 0 Å². The molecule has 25 heavy (non-hydrogen) atoms. The van der Waals surface area contributed by atoms with Crippen molar-refractivity contribution >= 4 is 5.91 Å². The number of methoxy groups -OCH3 is 1. The molecule has 2 aromatic rings. The number of ether oxygens (including phenoxy) is 1. The highest BCUT2D eigenvalue weighted by atomic mass is 16.5. The van der Waals surface area contributed by atoms with Crippen LogP contribution in [0.3, 0.4) is 0 Å². The van der Waals surface area contributed by atoms with E-state index in [9.17, 15) is 9.90 Å². The minimum Gasteiger partial charge on any atom is -0.481 e. The second kappa shape index (κ2) is 7.65. The minimum absolute atomic E-state index is 0.0321. The lowest BCUT2D eigenvalue weighted by atomic mass is 9.75. The number of aryl methyl sites for hydroxylation is 2. The zero-order valence-corrected chi connectivity index (χ0v) is 14.6. The predicted octanol–water partition coefficient (Wildman–Crippen LogP) is 1.61. The van der Waals surface area contributed by atoms with E-state index in [4.69, 9.17) is 4.74 Å². The second-order valence-corrected chi connectivity index (χ2v) is 6.53. The molecule has 1 aliphatic rings. The van der Waals surface area contributed by atoms with Crippen LogP contribution in [0.5, 0.6) is 5.88 Å². The molecule has 2 N–H and O–H groups in total. The lowest BCUT2D eigenvalue weighted by Gasteiger charge is -2.38. The SMILES string of the molecule is COc1ccc([C@H](NC(=O)CCn2ccc(C)n2)C2CC(O)C2)cn1. The fourth-order valence-electron chi connectivity index (χ4n) is 3.12. The van der Waals surface area contributed by atoms with Crippen LogP contribution >= 0.6 is 0 Å². The molecule has 0 aromatic carbocycles. The number of pyridine rings is 1. The van der Waals surface area contributed by atoms with Crippen molar-refractivity contribution in [1.82, 2.24) is 20.1 Å². The second-order valence-electron chi connectivity index (χ2n) is 6.53. The maximum absolute atomic E-state index is 12.4. The van der Waals surface area contributed by atoms with Gasteiger partial charge in [-0.05, 0) is 37.3 Å². The molecule has 3 rings (SSSR count). The van der Waals surface area contributed by atoms with E-state index in [1.54, 1.807) is 24.1 Å². The Morgan fingerprint density at radius 3 is 2.80 bits per heavy atom. The van der Waals surface area contributed by atoms with Crippen LogP contribution in [-0.4, -0.2) is 39.0 Å². The first-order valence-corrected chi connectivity index (χ1v) is 8.52. The van der Waals surface area contributed by atoms with Crippen LogP contribution < -0.4 is 10.1 Å². The Morgan fingerprint density at radius 2 is 2.24 bits per heavy atom. The summed E-state index contributed by atoms with van der Waals surface area (Å²) in [6.07, 6.45) is 5.06. The summed E-state index contributed by atoms with van der Waals surface area (Å²) in [5.41, 5.74) is 1.87. The van der Waals surface area contributed by atoms with Crippen LogP contribution in [0.1, 0.15) is 36.6 Å². The number of hydrogen-bond acceptors (Lipinski definition) is 5. The van der Waals surface area contributed by atoms with Crippen molar-refractivity contribution in [1.29, 1.82) is 0 Å². The van der Waals surface area contributed by atoms with E-state index in [0.29, 0.717) is 31.7 Å². The quantitative estimate of drug-likeness (QED) is 0.797. The number of aliphatic hydroxyl groups excluding tert-OH is 1. The third kappa shape index (κ3) is 4.36. The predicted molar refractivity (Wildman–Crippen MR) is 92.0 cm³/mol. The van der Waals surface area contributed by atoms with Gasteiger partial charge in [-0.3, -0.25) is 9.48 Å². The number of aromatic nitrogens is 3. The molecular formula is C18H24N4O3. The third-order valence-electron chi connectivity index (χ3n) is 4.61. The van der Waals surface area contributed by atoms with Gasteiger partial charge < -0.3 is 15.2 Å². The molecule has 7 heteroatoms. The lowest BCUT2D eigenvalue weighted by molar-refractivity contribution is -0.123. The number of nitrogens with zero attached hydrogens (tertiary/aromatic N) is 3. The molecule has 0 saturated heterocycles. The Morgan fingerprint density at radius 1 is 1.44 bits per heavy atom. The minimum atomic E-state index is -0.275.